The molecule has 0 spiro atoms. The van der Waals surface area contributed by atoms with Gasteiger partial charge >= 0.3 is 0 Å². The fourth-order valence-corrected chi connectivity index (χ4v) is 5.41. The Morgan fingerprint density at radius 1 is 1.26 bits per heavy atom. The number of rotatable bonds is 5. The smallest absolute Gasteiger partial charge is 0.297 e. The Hall–Kier alpha value is -0.970. The summed E-state index contributed by atoms with van der Waals surface area (Å²) in [6.07, 6.45) is 5.80. The van der Waals surface area contributed by atoms with Crippen molar-refractivity contribution in [3.8, 4) is 6.01 Å². The second-order valence-corrected chi connectivity index (χ2v) is 9.44. The third-order valence-corrected chi connectivity index (χ3v) is 6.39. The zero-order valence-corrected chi connectivity index (χ0v) is 19.4. The van der Waals surface area contributed by atoms with E-state index in [4.69, 9.17) is 32.9 Å². The highest BCUT2D eigenvalue weighted by molar-refractivity contribution is 9.11. The van der Waals surface area contributed by atoms with Crippen LogP contribution >= 0.6 is 39.1 Å². The number of allylic oxidation sites excluding steroid dienone is 2. The van der Waals surface area contributed by atoms with Crippen molar-refractivity contribution in [2.24, 2.45) is 12.5 Å². The van der Waals surface area contributed by atoms with Crippen LogP contribution in [-0.2, 0) is 7.05 Å². The van der Waals surface area contributed by atoms with E-state index in [1.165, 1.54) is 5.56 Å². The highest BCUT2D eigenvalue weighted by atomic mass is 79.9. The SMILES string of the molecule is CCC(CC)c1ccc(Cl)c2nc(OC3C(Cl)=CC(Br)=CC3(C)C)n(C)c12. The van der Waals surface area contributed by atoms with Gasteiger partial charge in [-0.15, -0.1) is 0 Å². The monoisotopic (exact) mass is 470 g/mol. The van der Waals surface area contributed by atoms with Gasteiger partial charge in [0.2, 0.25) is 0 Å². The van der Waals surface area contributed by atoms with Gasteiger partial charge in [-0.2, -0.15) is 4.98 Å². The van der Waals surface area contributed by atoms with E-state index in [0.717, 1.165) is 28.4 Å². The van der Waals surface area contributed by atoms with Crippen LogP contribution in [0.25, 0.3) is 11.0 Å². The second kappa shape index (κ2) is 7.81. The quantitative estimate of drug-likeness (QED) is 0.456. The standard InChI is InChI=1S/C21H25BrCl2N2O/c1-6-12(7-2)14-8-9-15(23)17-18(14)26(5)20(25-17)27-19-16(24)10-13(22)11-21(19,3)4/h8-12,19H,6-7H2,1-5H3. The summed E-state index contributed by atoms with van der Waals surface area (Å²) in [6, 6.07) is 4.58. The maximum absolute atomic E-state index is 6.52. The van der Waals surface area contributed by atoms with Gasteiger partial charge in [0.15, 0.2) is 0 Å². The van der Waals surface area contributed by atoms with Crippen molar-refractivity contribution in [2.45, 2.75) is 52.6 Å². The summed E-state index contributed by atoms with van der Waals surface area (Å²) in [5.41, 5.74) is 2.81. The van der Waals surface area contributed by atoms with Crippen LogP contribution in [0.5, 0.6) is 6.01 Å². The largest absolute Gasteiger partial charge is 0.455 e. The number of fused-ring (bicyclic) bond motifs is 1. The van der Waals surface area contributed by atoms with Crippen molar-refractivity contribution < 1.29 is 4.74 Å². The topological polar surface area (TPSA) is 27.1 Å². The molecule has 1 aromatic carbocycles. The predicted octanol–water partition coefficient (Wildman–Crippen LogP) is 7.32. The van der Waals surface area contributed by atoms with E-state index in [0.29, 0.717) is 22.0 Å². The van der Waals surface area contributed by atoms with Crippen molar-refractivity contribution in [2.75, 3.05) is 0 Å². The molecule has 6 heteroatoms. The number of halogens is 3. The Morgan fingerprint density at radius 2 is 1.93 bits per heavy atom. The number of hydrogen-bond acceptors (Lipinski definition) is 2. The number of aryl methyl sites for hydroxylation is 1. The van der Waals surface area contributed by atoms with E-state index in [2.05, 4.69) is 55.8 Å². The molecule has 3 rings (SSSR count). The molecule has 1 aliphatic carbocycles. The van der Waals surface area contributed by atoms with E-state index >= 15 is 0 Å². The highest BCUT2D eigenvalue weighted by Crippen LogP contribution is 2.41. The van der Waals surface area contributed by atoms with Gasteiger partial charge in [-0.1, -0.05) is 79.0 Å². The third kappa shape index (κ3) is 3.81. The summed E-state index contributed by atoms with van der Waals surface area (Å²) in [5, 5.41) is 1.28. The molecule has 1 heterocycles. The first-order valence-electron chi connectivity index (χ1n) is 9.26. The lowest BCUT2D eigenvalue weighted by Gasteiger charge is -2.34. The summed E-state index contributed by atoms with van der Waals surface area (Å²) in [7, 11) is 1.98. The van der Waals surface area contributed by atoms with E-state index in [9.17, 15) is 0 Å². The van der Waals surface area contributed by atoms with Crippen molar-refractivity contribution in [3.05, 3.63) is 44.4 Å². The van der Waals surface area contributed by atoms with Gasteiger partial charge in [0.25, 0.3) is 6.01 Å². The van der Waals surface area contributed by atoms with Crippen LogP contribution in [-0.4, -0.2) is 15.7 Å². The van der Waals surface area contributed by atoms with Crippen LogP contribution in [0.4, 0.5) is 0 Å². The Bertz CT molecular complexity index is 926. The molecule has 146 valence electrons. The molecule has 2 aromatic rings. The van der Waals surface area contributed by atoms with Crippen LogP contribution in [0.2, 0.25) is 5.02 Å². The molecule has 0 bridgehead atoms. The molecule has 3 nitrogen and oxygen atoms in total. The minimum Gasteiger partial charge on any atom is -0.455 e. The molecule has 1 unspecified atom stereocenters. The van der Waals surface area contributed by atoms with Gasteiger partial charge < -0.3 is 4.74 Å². The molecule has 27 heavy (non-hydrogen) atoms. The second-order valence-electron chi connectivity index (χ2n) is 7.68. The molecule has 0 aliphatic heterocycles. The van der Waals surface area contributed by atoms with E-state index in [1.54, 1.807) is 0 Å². The van der Waals surface area contributed by atoms with E-state index in [-0.39, 0.29) is 11.5 Å². The molecule has 0 N–H and O–H groups in total. The number of benzene rings is 1. The van der Waals surface area contributed by atoms with Gasteiger partial charge in [0.05, 0.1) is 15.6 Å². The Balaban J connectivity index is 2.09. The summed E-state index contributed by atoms with van der Waals surface area (Å²) < 4.78 is 9.29. The number of ether oxygens (including phenoxy) is 1. The van der Waals surface area contributed by atoms with Crippen LogP contribution in [0.15, 0.2) is 33.8 Å². The Labute approximate surface area is 179 Å². The lowest BCUT2D eigenvalue weighted by atomic mass is 9.83. The summed E-state index contributed by atoms with van der Waals surface area (Å²) in [6.45, 7) is 8.61. The van der Waals surface area contributed by atoms with E-state index in [1.807, 2.05) is 23.8 Å². The molecule has 1 atom stereocenters. The first-order valence-corrected chi connectivity index (χ1v) is 10.8. The van der Waals surface area contributed by atoms with Gasteiger partial charge in [-0.05, 0) is 36.5 Å². The number of nitrogens with zero attached hydrogens (tertiary/aromatic N) is 2. The van der Waals surface area contributed by atoms with Crippen molar-refractivity contribution in [1.82, 2.24) is 9.55 Å². The number of imidazole rings is 1. The maximum atomic E-state index is 6.52. The minimum atomic E-state index is -0.314. The zero-order valence-electron chi connectivity index (χ0n) is 16.3. The number of aromatic nitrogens is 2. The van der Waals surface area contributed by atoms with Gasteiger partial charge in [-0.25, -0.2) is 0 Å². The van der Waals surface area contributed by atoms with Crippen molar-refractivity contribution in [1.29, 1.82) is 0 Å². The number of hydrogen-bond donors (Lipinski definition) is 0. The molecule has 0 amide bonds. The lowest BCUT2D eigenvalue weighted by molar-refractivity contribution is 0.128. The molecule has 0 fully saturated rings. The zero-order chi connectivity index (χ0) is 19.9. The average molecular weight is 472 g/mol. The van der Waals surface area contributed by atoms with Crippen molar-refractivity contribution in [3.63, 3.8) is 0 Å². The fraction of sp³-hybridized carbons (Fsp3) is 0.476. The maximum Gasteiger partial charge on any atom is 0.297 e. The Morgan fingerprint density at radius 3 is 2.52 bits per heavy atom. The summed E-state index contributed by atoms with van der Waals surface area (Å²) in [4.78, 5) is 4.73. The molecule has 0 radical (unpaired) electrons. The average Bonchev–Trinajstić information content (AvgIpc) is 2.91. The summed E-state index contributed by atoms with van der Waals surface area (Å²) >= 11 is 16.5. The first-order chi connectivity index (χ1) is 12.7. The minimum absolute atomic E-state index is 0.273. The molecule has 1 aromatic heterocycles. The third-order valence-electron chi connectivity index (χ3n) is 5.32. The molecule has 0 saturated carbocycles. The predicted molar refractivity (Wildman–Crippen MR) is 118 cm³/mol. The van der Waals surface area contributed by atoms with Crippen LogP contribution in [0, 0.1) is 5.41 Å². The molecule has 0 saturated heterocycles. The molecular weight excluding hydrogens is 447 g/mol. The lowest BCUT2D eigenvalue weighted by Crippen LogP contribution is -2.36. The fourth-order valence-electron chi connectivity index (χ4n) is 3.81. The van der Waals surface area contributed by atoms with E-state index < -0.39 is 0 Å². The summed E-state index contributed by atoms with van der Waals surface area (Å²) in [5.74, 6) is 0.460. The molecule has 1 aliphatic rings. The van der Waals surface area contributed by atoms with Gasteiger partial charge in [0, 0.05) is 16.9 Å². The first kappa shape index (κ1) is 20.8. The molecular formula is C21H25BrCl2N2O. The normalized spacial score (nSPS) is 19.4. The van der Waals surface area contributed by atoms with Crippen molar-refractivity contribution >= 4 is 50.2 Å². The van der Waals surface area contributed by atoms with Gasteiger partial charge in [-0.3, -0.25) is 4.57 Å². The van der Waals surface area contributed by atoms with Crippen LogP contribution < -0.4 is 4.74 Å². The highest BCUT2D eigenvalue weighted by Gasteiger charge is 2.36. The Kier molecular flexibility index (Phi) is 6.00. The van der Waals surface area contributed by atoms with Crippen LogP contribution in [0.3, 0.4) is 0 Å². The van der Waals surface area contributed by atoms with Crippen LogP contribution in [0.1, 0.15) is 52.0 Å². The van der Waals surface area contributed by atoms with Gasteiger partial charge in [0.1, 0.15) is 11.6 Å².